The van der Waals surface area contributed by atoms with Crippen LogP contribution in [0.3, 0.4) is 0 Å². The first-order chi connectivity index (χ1) is 3.33. The highest BCUT2D eigenvalue weighted by atomic mass is 127. The molecule has 1 nitrogen and oxygen atoms in total. The fourth-order valence-corrected chi connectivity index (χ4v) is 1.61. The summed E-state index contributed by atoms with van der Waals surface area (Å²) in [4.78, 5) is 0. The van der Waals surface area contributed by atoms with Crippen molar-refractivity contribution in [2.24, 2.45) is 0 Å². The molecule has 0 radical (unpaired) electrons. The summed E-state index contributed by atoms with van der Waals surface area (Å²) < 4.78 is 6.34. The molecule has 0 spiro atoms. The Bertz CT molecular complexity index is 62.5. The summed E-state index contributed by atoms with van der Waals surface area (Å²) in [5.41, 5.74) is 0.320. The molecular formula is C5H9IO. The molecule has 2 heteroatoms. The zero-order valence-electron chi connectivity index (χ0n) is 4.41. The van der Waals surface area contributed by atoms with Gasteiger partial charge >= 0.3 is 0 Å². The van der Waals surface area contributed by atoms with E-state index in [1.807, 2.05) is 0 Å². The van der Waals surface area contributed by atoms with Crippen molar-refractivity contribution in [1.29, 1.82) is 0 Å². The molecule has 0 aromatic carbocycles. The Labute approximate surface area is 57.6 Å². The second kappa shape index (κ2) is 1.90. The Hall–Kier alpha value is 0.690. The standard InChI is InChI=1S/C5H9IO/c1-7-5(4-6)2-3-5/h2-4H2,1H3. The topological polar surface area (TPSA) is 9.23 Å². The SMILES string of the molecule is COC1(CI)CC1. The first-order valence-electron chi connectivity index (χ1n) is 2.44. The summed E-state index contributed by atoms with van der Waals surface area (Å²) >= 11 is 2.37. The molecule has 0 aliphatic heterocycles. The largest absolute Gasteiger partial charge is 0.377 e. The van der Waals surface area contributed by atoms with Crippen LogP contribution < -0.4 is 0 Å². The van der Waals surface area contributed by atoms with Crippen molar-refractivity contribution >= 4 is 22.6 Å². The van der Waals surface area contributed by atoms with Crippen molar-refractivity contribution in [3.63, 3.8) is 0 Å². The molecule has 1 aliphatic rings. The minimum Gasteiger partial charge on any atom is -0.377 e. The zero-order valence-corrected chi connectivity index (χ0v) is 6.57. The lowest BCUT2D eigenvalue weighted by Gasteiger charge is -2.05. The highest BCUT2D eigenvalue weighted by molar-refractivity contribution is 14.1. The van der Waals surface area contributed by atoms with Crippen LogP contribution in [0.5, 0.6) is 0 Å². The van der Waals surface area contributed by atoms with Gasteiger partial charge < -0.3 is 4.74 Å². The number of hydrogen-bond donors (Lipinski definition) is 0. The maximum atomic E-state index is 5.19. The third-order valence-corrected chi connectivity index (χ3v) is 2.87. The van der Waals surface area contributed by atoms with Crippen molar-refractivity contribution in [3.05, 3.63) is 0 Å². The van der Waals surface area contributed by atoms with Crippen molar-refractivity contribution in [3.8, 4) is 0 Å². The molecule has 42 valence electrons. The smallest absolute Gasteiger partial charge is 0.0769 e. The third-order valence-electron chi connectivity index (χ3n) is 1.48. The number of hydrogen-bond acceptors (Lipinski definition) is 1. The molecule has 0 saturated heterocycles. The molecule has 1 saturated carbocycles. The van der Waals surface area contributed by atoms with Gasteiger partial charge in [0.05, 0.1) is 5.60 Å². The van der Waals surface area contributed by atoms with Crippen LogP contribution in [0.4, 0.5) is 0 Å². The summed E-state index contributed by atoms with van der Waals surface area (Å²) in [5, 5.41) is 0. The van der Waals surface area contributed by atoms with Crippen molar-refractivity contribution < 1.29 is 4.74 Å². The lowest BCUT2D eigenvalue weighted by molar-refractivity contribution is 0.103. The van der Waals surface area contributed by atoms with E-state index in [0.29, 0.717) is 5.60 Å². The van der Waals surface area contributed by atoms with Gasteiger partial charge in [0.25, 0.3) is 0 Å². The molecule has 0 amide bonds. The number of rotatable bonds is 2. The molecule has 7 heavy (non-hydrogen) atoms. The highest BCUT2D eigenvalue weighted by Crippen LogP contribution is 2.40. The fraction of sp³-hybridized carbons (Fsp3) is 1.00. The van der Waals surface area contributed by atoms with Crippen LogP contribution in [-0.2, 0) is 4.74 Å². The van der Waals surface area contributed by atoms with Crippen molar-refractivity contribution in [1.82, 2.24) is 0 Å². The summed E-state index contributed by atoms with van der Waals surface area (Å²) in [6, 6.07) is 0. The number of halogens is 1. The normalized spacial score (nSPS) is 24.9. The first-order valence-corrected chi connectivity index (χ1v) is 3.97. The monoisotopic (exact) mass is 212 g/mol. The Morgan fingerprint density at radius 1 is 1.71 bits per heavy atom. The van der Waals surface area contributed by atoms with Gasteiger partial charge in [0.1, 0.15) is 0 Å². The van der Waals surface area contributed by atoms with Crippen LogP contribution in [0.15, 0.2) is 0 Å². The molecule has 0 bridgehead atoms. The van der Waals surface area contributed by atoms with Gasteiger partial charge in [-0.2, -0.15) is 0 Å². The van der Waals surface area contributed by atoms with E-state index in [1.54, 1.807) is 7.11 Å². The van der Waals surface area contributed by atoms with Gasteiger partial charge in [-0.1, -0.05) is 22.6 Å². The lowest BCUT2D eigenvalue weighted by atomic mass is 10.4. The molecule has 0 atom stereocenters. The molecular weight excluding hydrogens is 203 g/mol. The van der Waals surface area contributed by atoms with Crippen molar-refractivity contribution in [2.45, 2.75) is 18.4 Å². The van der Waals surface area contributed by atoms with Crippen LogP contribution in [0.2, 0.25) is 0 Å². The van der Waals surface area contributed by atoms with E-state index in [2.05, 4.69) is 22.6 Å². The second-order valence-corrected chi connectivity index (χ2v) is 2.78. The Morgan fingerprint density at radius 3 is 2.29 bits per heavy atom. The van der Waals surface area contributed by atoms with Crippen LogP contribution in [0.25, 0.3) is 0 Å². The van der Waals surface area contributed by atoms with Crippen LogP contribution in [-0.4, -0.2) is 17.1 Å². The molecule has 0 aromatic rings. The Balaban J connectivity index is 2.28. The summed E-state index contributed by atoms with van der Waals surface area (Å²) in [7, 11) is 1.80. The van der Waals surface area contributed by atoms with Crippen LogP contribution in [0, 0.1) is 0 Å². The minimum atomic E-state index is 0.320. The molecule has 1 fully saturated rings. The second-order valence-electron chi connectivity index (χ2n) is 2.02. The maximum absolute atomic E-state index is 5.19. The van der Waals surface area contributed by atoms with Gasteiger partial charge in [-0.15, -0.1) is 0 Å². The quantitative estimate of drug-likeness (QED) is 0.499. The molecule has 0 unspecified atom stereocenters. The summed E-state index contributed by atoms with van der Waals surface area (Å²) in [6.07, 6.45) is 2.54. The number of ether oxygens (including phenoxy) is 1. The molecule has 0 aromatic heterocycles. The maximum Gasteiger partial charge on any atom is 0.0769 e. The summed E-state index contributed by atoms with van der Waals surface area (Å²) in [6.45, 7) is 0. The van der Waals surface area contributed by atoms with Gasteiger partial charge in [0.2, 0.25) is 0 Å². The number of alkyl halides is 1. The van der Waals surface area contributed by atoms with Gasteiger partial charge in [0.15, 0.2) is 0 Å². The van der Waals surface area contributed by atoms with E-state index < -0.39 is 0 Å². The van der Waals surface area contributed by atoms with E-state index >= 15 is 0 Å². The van der Waals surface area contributed by atoms with Crippen LogP contribution >= 0.6 is 22.6 Å². The minimum absolute atomic E-state index is 0.320. The highest BCUT2D eigenvalue weighted by Gasteiger charge is 2.41. The predicted octanol–water partition coefficient (Wildman–Crippen LogP) is 1.60. The number of methoxy groups -OCH3 is 1. The van der Waals surface area contributed by atoms with E-state index in [4.69, 9.17) is 4.74 Å². The predicted molar refractivity (Wildman–Crippen MR) is 37.9 cm³/mol. The average molecular weight is 212 g/mol. The van der Waals surface area contributed by atoms with Gasteiger partial charge in [-0.3, -0.25) is 0 Å². The Kier molecular flexibility index (Phi) is 1.58. The lowest BCUT2D eigenvalue weighted by Crippen LogP contribution is -2.11. The fourth-order valence-electron chi connectivity index (χ4n) is 0.532. The van der Waals surface area contributed by atoms with Crippen molar-refractivity contribution in [2.75, 3.05) is 11.5 Å². The average Bonchev–Trinajstić information content (AvgIpc) is 2.46. The molecule has 0 heterocycles. The van der Waals surface area contributed by atoms with E-state index in [9.17, 15) is 0 Å². The van der Waals surface area contributed by atoms with Gasteiger partial charge in [-0.05, 0) is 12.8 Å². The van der Waals surface area contributed by atoms with Gasteiger partial charge in [-0.25, -0.2) is 0 Å². The molecule has 1 rings (SSSR count). The third kappa shape index (κ3) is 1.08. The van der Waals surface area contributed by atoms with E-state index in [1.165, 1.54) is 12.8 Å². The molecule has 1 aliphatic carbocycles. The Morgan fingerprint density at radius 2 is 2.29 bits per heavy atom. The van der Waals surface area contributed by atoms with E-state index in [-0.39, 0.29) is 0 Å². The molecule has 0 N–H and O–H groups in total. The summed E-state index contributed by atoms with van der Waals surface area (Å²) in [5.74, 6) is 0. The van der Waals surface area contributed by atoms with Gasteiger partial charge in [0, 0.05) is 11.5 Å². The zero-order chi connectivity index (χ0) is 5.33. The van der Waals surface area contributed by atoms with Crippen LogP contribution in [0.1, 0.15) is 12.8 Å². The first kappa shape index (κ1) is 5.82. The van der Waals surface area contributed by atoms with E-state index in [0.717, 1.165) is 4.43 Å².